The van der Waals surface area contributed by atoms with Crippen molar-refractivity contribution in [2.24, 2.45) is 7.05 Å². The number of hydrogen-bond acceptors (Lipinski definition) is 2. The SMILES string of the molecule is CCNC(c1cn(C)nc1CC)c1c(C)cc(C)cc1F. The molecule has 1 aromatic carbocycles. The van der Waals surface area contributed by atoms with Gasteiger partial charge in [0, 0.05) is 24.4 Å². The first-order valence-electron chi connectivity index (χ1n) is 7.50. The maximum absolute atomic E-state index is 14.5. The number of nitrogens with one attached hydrogen (secondary N) is 1. The lowest BCUT2D eigenvalue weighted by atomic mass is 9.93. The van der Waals surface area contributed by atoms with E-state index in [4.69, 9.17) is 0 Å². The molecule has 2 rings (SSSR count). The minimum absolute atomic E-state index is 0.149. The number of hydrogen-bond donors (Lipinski definition) is 1. The van der Waals surface area contributed by atoms with Crippen LogP contribution in [0.1, 0.15) is 47.8 Å². The molecule has 0 fully saturated rings. The molecule has 1 unspecified atom stereocenters. The van der Waals surface area contributed by atoms with Gasteiger partial charge in [0.25, 0.3) is 0 Å². The maximum Gasteiger partial charge on any atom is 0.128 e. The molecule has 114 valence electrons. The smallest absolute Gasteiger partial charge is 0.128 e. The van der Waals surface area contributed by atoms with Crippen LogP contribution in [0.2, 0.25) is 0 Å². The first-order valence-corrected chi connectivity index (χ1v) is 7.50. The Morgan fingerprint density at radius 1 is 1.29 bits per heavy atom. The van der Waals surface area contributed by atoms with Crippen LogP contribution in [0.3, 0.4) is 0 Å². The Labute approximate surface area is 126 Å². The third-order valence-corrected chi connectivity index (χ3v) is 3.76. The highest BCUT2D eigenvalue weighted by molar-refractivity contribution is 5.41. The third-order valence-electron chi connectivity index (χ3n) is 3.76. The Morgan fingerprint density at radius 2 is 2.00 bits per heavy atom. The van der Waals surface area contributed by atoms with Crippen molar-refractivity contribution in [3.8, 4) is 0 Å². The quantitative estimate of drug-likeness (QED) is 0.914. The van der Waals surface area contributed by atoms with Gasteiger partial charge in [0.05, 0.1) is 11.7 Å². The maximum atomic E-state index is 14.5. The molecule has 21 heavy (non-hydrogen) atoms. The predicted octanol–water partition coefficient (Wildman–Crippen LogP) is 3.44. The lowest BCUT2D eigenvalue weighted by Gasteiger charge is -2.21. The summed E-state index contributed by atoms with van der Waals surface area (Å²) in [5, 5.41) is 7.90. The first kappa shape index (κ1) is 15.7. The standard InChI is InChI=1S/C17H24FN3/c1-6-15-13(10-21(5)20-15)17(19-7-2)16-12(4)8-11(3)9-14(16)18/h8-10,17,19H,6-7H2,1-5H3. The van der Waals surface area contributed by atoms with Gasteiger partial charge in [0.1, 0.15) is 5.82 Å². The van der Waals surface area contributed by atoms with Crippen LogP contribution < -0.4 is 5.32 Å². The normalized spacial score (nSPS) is 12.7. The minimum atomic E-state index is -0.153. The van der Waals surface area contributed by atoms with E-state index in [9.17, 15) is 4.39 Å². The molecule has 1 N–H and O–H groups in total. The number of aryl methyl sites for hydroxylation is 4. The fourth-order valence-corrected chi connectivity index (χ4v) is 2.93. The van der Waals surface area contributed by atoms with Gasteiger partial charge in [0.2, 0.25) is 0 Å². The Kier molecular flexibility index (Phi) is 4.78. The average Bonchev–Trinajstić information content (AvgIpc) is 2.77. The Bertz CT molecular complexity index is 608. The second-order valence-corrected chi connectivity index (χ2v) is 5.53. The fraction of sp³-hybridized carbons (Fsp3) is 0.471. The molecule has 0 aliphatic carbocycles. The number of aromatic nitrogens is 2. The van der Waals surface area contributed by atoms with E-state index in [1.807, 2.05) is 40.1 Å². The summed E-state index contributed by atoms with van der Waals surface area (Å²) < 4.78 is 16.4. The monoisotopic (exact) mass is 289 g/mol. The molecule has 1 heterocycles. The van der Waals surface area contributed by atoms with Crippen molar-refractivity contribution in [1.82, 2.24) is 15.1 Å². The molecule has 4 heteroatoms. The van der Waals surface area contributed by atoms with E-state index in [1.54, 1.807) is 10.7 Å². The van der Waals surface area contributed by atoms with Crippen molar-refractivity contribution in [3.63, 3.8) is 0 Å². The molecule has 0 amide bonds. The average molecular weight is 289 g/mol. The van der Waals surface area contributed by atoms with Gasteiger partial charge in [-0.1, -0.05) is 19.9 Å². The van der Waals surface area contributed by atoms with E-state index in [1.165, 1.54) is 0 Å². The second-order valence-electron chi connectivity index (χ2n) is 5.53. The van der Waals surface area contributed by atoms with Crippen LogP contribution in [-0.4, -0.2) is 16.3 Å². The van der Waals surface area contributed by atoms with E-state index < -0.39 is 0 Å². The molecule has 0 spiro atoms. The van der Waals surface area contributed by atoms with Crippen molar-refractivity contribution in [2.45, 2.75) is 40.2 Å². The van der Waals surface area contributed by atoms with Gasteiger partial charge in [-0.3, -0.25) is 4.68 Å². The van der Waals surface area contributed by atoms with E-state index in [-0.39, 0.29) is 11.9 Å². The van der Waals surface area contributed by atoms with Gasteiger partial charge in [-0.2, -0.15) is 5.10 Å². The summed E-state index contributed by atoms with van der Waals surface area (Å²) in [4.78, 5) is 0. The molecule has 0 saturated carbocycles. The topological polar surface area (TPSA) is 29.9 Å². The highest BCUT2D eigenvalue weighted by atomic mass is 19.1. The summed E-state index contributed by atoms with van der Waals surface area (Å²) in [6.45, 7) is 8.78. The van der Waals surface area contributed by atoms with Crippen LogP contribution in [0.25, 0.3) is 0 Å². The molecule has 0 aliphatic heterocycles. The van der Waals surface area contributed by atoms with E-state index in [2.05, 4.69) is 17.3 Å². The Balaban J connectivity index is 2.58. The van der Waals surface area contributed by atoms with Gasteiger partial charge in [-0.25, -0.2) is 4.39 Å². The zero-order valence-electron chi connectivity index (χ0n) is 13.5. The molecule has 0 aliphatic rings. The minimum Gasteiger partial charge on any atom is -0.306 e. The highest BCUT2D eigenvalue weighted by Gasteiger charge is 2.23. The highest BCUT2D eigenvalue weighted by Crippen LogP contribution is 2.30. The van der Waals surface area contributed by atoms with Crippen LogP contribution in [0, 0.1) is 19.7 Å². The van der Waals surface area contributed by atoms with Crippen LogP contribution >= 0.6 is 0 Å². The molecule has 0 saturated heterocycles. The molecular formula is C17H24FN3. The van der Waals surface area contributed by atoms with E-state index in [0.29, 0.717) is 0 Å². The predicted molar refractivity (Wildman–Crippen MR) is 84.0 cm³/mol. The number of benzene rings is 1. The number of nitrogens with zero attached hydrogens (tertiary/aromatic N) is 2. The van der Waals surface area contributed by atoms with Gasteiger partial charge in [-0.15, -0.1) is 0 Å². The summed E-state index contributed by atoms with van der Waals surface area (Å²) >= 11 is 0. The van der Waals surface area contributed by atoms with Crippen molar-refractivity contribution in [1.29, 1.82) is 0 Å². The molecule has 2 aromatic rings. The summed E-state index contributed by atoms with van der Waals surface area (Å²) in [5.41, 5.74) is 4.73. The lowest BCUT2D eigenvalue weighted by Crippen LogP contribution is -2.24. The summed E-state index contributed by atoms with van der Waals surface area (Å²) in [7, 11) is 1.91. The van der Waals surface area contributed by atoms with E-state index >= 15 is 0 Å². The zero-order chi connectivity index (χ0) is 15.6. The fourth-order valence-electron chi connectivity index (χ4n) is 2.93. The van der Waals surface area contributed by atoms with Crippen molar-refractivity contribution < 1.29 is 4.39 Å². The summed E-state index contributed by atoms with van der Waals surface area (Å²) in [6.07, 6.45) is 2.83. The molecule has 0 bridgehead atoms. The Hall–Kier alpha value is -1.68. The molecular weight excluding hydrogens is 265 g/mol. The molecule has 1 aromatic heterocycles. The molecule has 1 atom stereocenters. The molecule has 0 radical (unpaired) electrons. The lowest BCUT2D eigenvalue weighted by molar-refractivity contribution is 0.553. The number of halogens is 1. The largest absolute Gasteiger partial charge is 0.306 e. The molecule has 3 nitrogen and oxygen atoms in total. The van der Waals surface area contributed by atoms with Crippen molar-refractivity contribution >= 4 is 0 Å². The Morgan fingerprint density at radius 3 is 2.57 bits per heavy atom. The van der Waals surface area contributed by atoms with Gasteiger partial charge < -0.3 is 5.32 Å². The van der Waals surface area contributed by atoms with Crippen LogP contribution in [0.15, 0.2) is 18.3 Å². The van der Waals surface area contributed by atoms with Crippen LogP contribution in [0.5, 0.6) is 0 Å². The first-order chi connectivity index (χ1) is 9.97. The van der Waals surface area contributed by atoms with Gasteiger partial charge >= 0.3 is 0 Å². The second kappa shape index (κ2) is 6.39. The zero-order valence-corrected chi connectivity index (χ0v) is 13.5. The van der Waals surface area contributed by atoms with Gasteiger partial charge in [0.15, 0.2) is 0 Å². The van der Waals surface area contributed by atoms with Crippen LogP contribution in [-0.2, 0) is 13.5 Å². The number of rotatable bonds is 5. The van der Waals surface area contributed by atoms with Crippen LogP contribution in [0.4, 0.5) is 4.39 Å². The summed E-state index contributed by atoms with van der Waals surface area (Å²) in [5.74, 6) is -0.149. The van der Waals surface area contributed by atoms with Crippen molar-refractivity contribution in [2.75, 3.05) is 6.54 Å². The van der Waals surface area contributed by atoms with Crippen molar-refractivity contribution in [3.05, 3.63) is 52.1 Å². The van der Waals surface area contributed by atoms with E-state index in [0.717, 1.165) is 40.9 Å². The van der Waals surface area contributed by atoms with Gasteiger partial charge in [-0.05, 0) is 44.0 Å². The summed E-state index contributed by atoms with van der Waals surface area (Å²) in [6, 6.07) is 3.48. The third kappa shape index (κ3) is 3.16.